The molecule has 2 amide bonds. The summed E-state index contributed by atoms with van der Waals surface area (Å²) in [5.74, 6) is -8.83. The molecule has 4 aliphatic rings. The van der Waals surface area contributed by atoms with Crippen LogP contribution in [0.3, 0.4) is 0 Å². The van der Waals surface area contributed by atoms with Crippen LogP contribution in [0.2, 0.25) is 0 Å². The van der Waals surface area contributed by atoms with Crippen LogP contribution in [0.5, 0.6) is 0 Å². The maximum absolute atomic E-state index is 17.7. The SMILES string of the molecule is CC1(C)CC(=O)C2=C(C1)Nc1ccccc1N(C(=O)C(F)(F)C(=O)N1c3ccccc3NC3=C(C(=O)CC(C)(C)C3)C1c1ccccc1)C2c1ccccc1. The van der Waals surface area contributed by atoms with E-state index in [1.165, 1.54) is 0 Å². The Bertz CT molecular complexity index is 2150. The van der Waals surface area contributed by atoms with Crippen molar-refractivity contribution in [3.8, 4) is 0 Å². The maximum atomic E-state index is 17.7. The Kier molecular flexibility index (Phi) is 8.63. The van der Waals surface area contributed by atoms with Gasteiger partial charge in [-0.05, 0) is 59.1 Å². The zero-order chi connectivity index (χ0) is 38.9. The zero-order valence-corrected chi connectivity index (χ0v) is 31.2. The topological polar surface area (TPSA) is 98.8 Å². The highest BCUT2D eigenvalue weighted by Crippen LogP contribution is 2.52. The van der Waals surface area contributed by atoms with Crippen LogP contribution in [0.15, 0.2) is 132 Å². The number of anilines is 4. The first-order valence-electron chi connectivity index (χ1n) is 18.6. The van der Waals surface area contributed by atoms with Gasteiger partial charge < -0.3 is 10.6 Å². The molecule has 4 aromatic rings. The number of halogens is 2. The molecule has 2 aliphatic heterocycles. The minimum Gasteiger partial charge on any atom is -0.357 e. The van der Waals surface area contributed by atoms with E-state index in [9.17, 15) is 9.59 Å². The summed E-state index contributed by atoms with van der Waals surface area (Å²) in [5.41, 5.74) is 2.41. The van der Waals surface area contributed by atoms with Crippen molar-refractivity contribution in [1.82, 2.24) is 0 Å². The molecule has 280 valence electrons. The number of nitrogens with one attached hydrogen (secondary N) is 2. The molecular formula is C45H42F2N4O4. The molecule has 55 heavy (non-hydrogen) atoms. The number of amides is 2. The first-order valence-corrected chi connectivity index (χ1v) is 18.6. The maximum Gasteiger partial charge on any atom is 0.401 e. The second-order valence-electron chi connectivity index (χ2n) is 16.5. The highest BCUT2D eigenvalue weighted by atomic mass is 19.3. The Morgan fingerprint density at radius 1 is 0.564 bits per heavy atom. The van der Waals surface area contributed by atoms with Gasteiger partial charge in [0.1, 0.15) is 0 Å². The Hall–Kier alpha value is -5.90. The van der Waals surface area contributed by atoms with E-state index < -0.39 is 40.7 Å². The summed E-state index contributed by atoms with van der Waals surface area (Å²) in [6, 6.07) is 27.8. The van der Waals surface area contributed by atoms with Crippen molar-refractivity contribution in [3.63, 3.8) is 0 Å². The van der Waals surface area contributed by atoms with Crippen LogP contribution < -0.4 is 20.4 Å². The van der Waals surface area contributed by atoms with Gasteiger partial charge in [0, 0.05) is 35.4 Å². The normalized spacial score (nSPS) is 21.6. The van der Waals surface area contributed by atoms with E-state index >= 15 is 18.4 Å². The van der Waals surface area contributed by atoms with Gasteiger partial charge >= 0.3 is 17.7 Å². The first-order chi connectivity index (χ1) is 26.2. The third-order valence-electron chi connectivity index (χ3n) is 11.0. The van der Waals surface area contributed by atoms with Crippen molar-refractivity contribution in [2.24, 2.45) is 10.8 Å². The molecule has 0 aromatic heterocycles. The van der Waals surface area contributed by atoms with Gasteiger partial charge in [-0.25, -0.2) is 0 Å². The zero-order valence-electron chi connectivity index (χ0n) is 31.2. The number of fused-ring (bicyclic) bond motifs is 2. The number of alkyl halides is 2. The van der Waals surface area contributed by atoms with Crippen LogP contribution in [0.25, 0.3) is 0 Å². The number of carbonyl (C=O) groups excluding carboxylic acids is 4. The molecule has 0 saturated carbocycles. The van der Waals surface area contributed by atoms with Gasteiger partial charge in [-0.1, -0.05) is 113 Å². The number of benzene rings is 4. The predicted octanol–water partition coefficient (Wildman–Crippen LogP) is 9.31. The Morgan fingerprint density at radius 2 is 0.909 bits per heavy atom. The Balaban J connectivity index is 1.33. The van der Waals surface area contributed by atoms with Gasteiger partial charge in [0.25, 0.3) is 0 Å². The second kappa shape index (κ2) is 13.1. The summed E-state index contributed by atoms with van der Waals surface area (Å²) in [6.45, 7) is 7.87. The quantitative estimate of drug-likeness (QED) is 0.203. The number of hydrogen-bond donors (Lipinski definition) is 2. The van der Waals surface area contributed by atoms with Gasteiger partial charge in [0.2, 0.25) is 0 Å². The van der Waals surface area contributed by atoms with E-state index in [-0.39, 0.29) is 46.9 Å². The fourth-order valence-corrected chi connectivity index (χ4v) is 8.72. The van der Waals surface area contributed by atoms with Gasteiger partial charge in [0.15, 0.2) is 11.6 Å². The number of para-hydroxylation sites is 4. The summed E-state index contributed by atoms with van der Waals surface area (Å²) in [6.07, 6.45) is 1.15. The number of carbonyl (C=O) groups is 4. The highest BCUT2D eigenvalue weighted by molar-refractivity contribution is 6.21. The third kappa shape index (κ3) is 6.23. The fraction of sp³-hybridized carbons (Fsp3) is 0.289. The fourth-order valence-electron chi connectivity index (χ4n) is 8.72. The van der Waals surface area contributed by atoms with E-state index in [1.807, 2.05) is 27.7 Å². The number of ketones is 2. The molecule has 0 fully saturated rings. The summed E-state index contributed by atoms with van der Waals surface area (Å²) >= 11 is 0. The lowest BCUT2D eigenvalue weighted by atomic mass is 9.73. The van der Waals surface area contributed by atoms with E-state index in [0.29, 0.717) is 46.7 Å². The standard InChI is InChI=1S/C45H42F2N4O4/c1-43(2)23-31-37(35(52)25-43)39(27-15-7-5-8-16-27)50(33-21-13-11-19-29(33)48-31)41(54)45(46,47)42(55)51-34-22-14-12-20-30(34)49-32-24-44(3,4)26-36(53)38(32)40(51)28-17-9-6-10-18-28/h5-22,39-40,48-49H,23-26H2,1-4H3. The molecule has 0 bridgehead atoms. The molecule has 10 heteroatoms. The molecule has 2 heterocycles. The van der Waals surface area contributed by atoms with Gasteiger partial charge in [0.05, 0.1) is 34.8 Å². The monoisotopic (exact) mass is 740 g/mol. The average molecular weight is 741 g/mol. The van der Waals surface area contributed by atoms with Gasteiger partial charge in [-0.3, -0.25) is 29.0 Å². The van der Waals surface area contributed by atoms with Crippen molar-refractivity contribution >= 4 is 46.1 Å². The number of hydrogen-bond acceptors (Lipinski definition) is 6. The molecule has 0 spiro atoms. The minimum absolute atomic E-state index is 0.0982. The minimum atomic E-state index is -4.69. The molecule has 4 aromatic carbocycles. The molecule has 2 N–H and O–H groups in total. The Morgan fingerprint density at radius 3 is 1.29 bits per heavy atom. The summed E-state index contributed by atoms with van der Waals surface area (Å²) in [4.78, 5) is 60.3. The van der Waals surface area contributed by atoms with Gasteiger partial charge in [-0.2, -0.15) is 8.78 Å². The summed E-state index contributed by atoms with van der Waals surface area (Å²) < 4.78 is 35.3. The molecule has 0 saturated heterocycles. The average Bonchev–Trinajstić information content (AvgIpc) is 3.38. The van der Waals surface area contributed by atoms with Crippen LogP contribution >= 0.6 is 0 Å². The van der Waals surface area contributed by atoms with Crippen LogP contribution in [0.4, 0.5) is 31.5 Å². The molecule has 2 unspecified atom stereocenters. The largest absolute Gasteiger partial charge is 0.401 e. The van der Waals surface area contributed by atoms with Crippen molar-refractivity contribution < 1.29 is 28.0 Å². The second-order valence-corrected chi connectivity index (χ2v) is 16.5. The Labute approximate surface area is 318 Å². The lowest BCUT2D eigenvalue weighted by Gasteiger charge is -2.40. The highest BCUT2D eigenvalue weighted by Gasteiger charge is 2.58. The van der Waals surface area contributed by atoms with Gasteiger partial charge in [-0.15, -0.1) is 0 Å². The van der Waals surface area contributed by atoms with Crippen molar-refractivity contribution in [1.29, 1.82) is 0 Å². The summed E-state index contributed by atoms with van der Waals surface area (Å²) in [7, 11) is 0. The number of nitrogens with zero attached hydrogens (tertiary/aromatic N) is 2. The van der Waals surface area contributed by atoms with Crippen molar-refractivity contribution in [3.05, 3.63) is 143 Å². The lowest BCUT2D eigenvalue weighted by Crippen LogP contribution is -2.56. The predicted molar refractivity (Wildman–Crippen MR) is 209 cm³/mol. The van der Waals surface area contributed by atoms with E-state index in [1.54, 1.807) is 109 Å². The lowest BCUT2D eigenvalue weighted by molar-refractivity contribution is -0.156. The van der Waals surface area contributed by atoms with Crippen molar-refractivity contribution in [2.75, 3.05) is 20.4 Å². The first kappa shape index (κ1) is 36.1. The summed E-state index contributed by atoms with van der Waals surface area (Å²) in [5, 5.41) is 6.68. The van der Waals surface area contributed by atoms with E-state index in [2.05, 4.69) is 10.6 Å². The molecule has 8 nitrogen and oxygen atoms in total. The van der Waals surface area contributed by atoms with Crippen LogP contribution in [0, 0.1) is 10.8 Å². The molecule has 2 aliphatic carbocycles. The number of rotatable bonds is 4. The number of allylic oxidation sites excluding steroid dienone is 2. The van der Waals surface area contributed by atoms with Crippen molar-refractivity contribution in [2.45, 2.75) is 71.4 Å². The number of Topliss-reactive ketones (excluding diaryl/α,β-unsaturated/α-hetero) is 2. The smallest absolute Gasteiger partial charge is 0.357 e. The van der Waals surface area contributed by atoms with Crippen LogP contribution in [0.1, 0.15) is 76.6 Å². The molecular weight excluding hydrogens is 699 g/mol. The van der Waals surface area contributed by atoms with Crippen LogP contribution in [-0.4, -0.2) is 29.3 Å². The van der Waals surface area contributed by atoms with E-state index in [0.717, 1.165) is 9.80 Å². The molecule has 0 radical (unpaired) electrons. The molecule has 8 rings (SSSR count). The van der Waals surface area contributed by atoms with E-state index in [4.69, 9.17) is 0 Å². The third-order valence-corrected chi connectivity index (χ3v) is 11.0. The molecule has 2 atom stereocenters. The van der Waals surface area contributed by atoms with Crippen LogP contribution in [-0.2, 0) is 19.2 Å².